The molecule has 0 bridgehead atoms. The number of ether oxygens (including phenoxy) is 3. The Balaban J connectivity index is 1.27. The summed E-state index contributed by atoms with van der Waals surface area (Å²) in [7, 11) is 0. The summed E-state index contributed by atoms with van der Waals surface area (Å²) in [6.45, 7) is 2.30. The van der Waals surface area contributed by atoms with Crippen LogP contribution in [0.25, 0.3) is 0 Å². The van der Waals surface area contributed by atoms with Gasteiger partial charge in [-0.05, 0) is 49.6 Å². The smallest absolute Gasteiger partial charge is 0.321 e. The van der Waals surface area contributed by atoms with E-state index in [0.29, 0.717) is 23.9 Å². The topological polar surface area (TPSA) is 97.9 Å². The molecule has 2 aliphatic rings. The first-order valence-corrected chi connectivity index (χ1v) is 10.6. The van der Waals surface area contributed by atoms with E-state index in [1.54, 1.807) is 13.0 Å². The van der Waals surface area contributed by atoms with Gasteiger partial charge in [-0.1, -0.05) is 25.0 Å². The summed E-state index contributed by atoms with van der Waals surface area (Å²) in [4.78, 5) is 24.3. The molecule has 0 saturated heterocycles. The molecular weight excluding hydrogens is 398 g/mol. The highest BCUT2D eigenvalue weighted by Crippen LogP contribution is 2.35. The molecule has 1 saturated carbocycles. The third-order valence-corrected chi connectivity index (χ3v) is 5.38. The van der Waals surface area contributed by atoms with Crippen LogP contribution in [-0.4, -0.2) is 30.8 Å². The van der Waals surface area contributed by atoms with Crippen molar-refractivity contribution in [3.05, 3.63) is 48.0 Å². The summed E-state index contributed by atoms with van der Waals surface area (Å²) in [6.07, 6.45) is 4.17. The van der Waals surface area contributed by atoms with Crippen LogP contribution in [0, 0.1) is 0 Å². The number of fused-ring (bicyclic) bond motifs is 1. The first-order valence-electron chi connectivity index (χ1n) is 10.6. The van der Waals surface area contributed by atoms with Crippen molar-refractivity contribution in [1.82, 2.24) is 10.6 Å². The Morgan fingerprint density at radius 1 is 1.10 bits per heavy atom. The number of benzene rings is 2. The van der Waals surface area contributed by atoms with Crippen LogP contribution in [0.4, 0.5) is 10.5 Å². The Morgan fingerprint density at radius 3 is 2.74 bits per heavy atom. The molecule has 0 aromatic heterocycles. The van der Waals surface area contributed by atoms with Gasteiger partial charge in [-0.25, -0.2) is 4.79 Å². The van der Waals surface area contributed by atoms with Crippen molar-refractivity contribution >= 4 is 17.6 Å². The molecule has 8 nitrogen and oxygen atoms in total. The molecule has 0 radical (unpaired) electrons. The summed E-state index contributed by atoms with van der Waals surface area (Å²) in [6, 6.07) is 12.2. The van der Waals surface area contributed by atoms with E-state index in [0.717, 1.165) is 36.9 Å². The minimum Gasteiger partial charge on any atom is -0.489 e. The average molecular weight is 425 g/mol. The molecule has 2 aromatic carbocycles. The maximum absolute atomic E-state index is 12.3. The minimum atomic E-state index is -0.570. The predicted octanol–water partition coefficient (Wildman–Crippen LogP) is 3.56. The van der Waals surface area contributed by atoms with Gasteiger partial charge in [-0.2, -0.15) is 0 Å². The Bertz CT molecular complexity index is 943. The second-order valence-corrected chi connectivity index (χ2v) is 7.81. The summed E-state index contributed by atoms with van der Waals surface area (Å²) >= 11 is 0. The lowest BCUT2D eigenvalue weighted by molar-refractivity contribution is -0.120. The van der Waals surface area contributed by atoms with Crippen molar-refractivity contribution in [2.45, 2.75) is 51.3 Å². The Kier molecular flexibility index (Phi) is 6.45. The van der Waals surface area contributed by atoms with E-state index in [1.807, 2.05) is 36.4 Å². The molecule has 1 heterocycles. The van der Waals surface area contributed by atoms with Gasteiger partial charge in [0.25, 0.3) is 0 Å². The summed E-state index contributed by atoms with van der Waals surface area (Å²) in [5.74, 6) is 1.69. The Labute approximate surface area is 181 Å². The van der Waals surface area contributed by atoms with E-state index >= 15 is 0 Å². The third kappa shape index (κ3) is 5.59. The van der Waals surface area contributed by atoms with Gasteiger partial charge < -0.3 is 24.8 Å². The van der Waals surface area contributed by atoms with Gasteiger partial charge in [0.1, 0.15) is 18.4 Å². The zero-order valence-corrected chi connectivity index (χ0v) is 17.5. The summed E-state index contributed by atoms with van der Waals surface area (Å²) in [5.41, 5.74) is 1.71. The monoisotopic (exact) mass is 425 g/mol. The number of carbonyl (C=O) groups is 2. The number of urea groups is 1. The molecule has 2 aromatic rings. The molecule has 3 amide bonds. The first-order chi connectivity index (χ1) is 15.1. The molecule has 8 heteroatoms. The van der Waals surface area contributed by atoms with Crippen LogP contribution < -0.4 is 30.2 Å². The Hall–Kier alpha value is -3.42. The molecule has 1 atom stereocenters. The molecule has 4 rings (SSSR count). The maximum Gasteiger partial charge on any atom is 0.321 e. The molecule has 164 valence electrons. The van der Waals surface area contributed by atoms with E-state index < -0.39 is 12.1 Å². The van der Waals surface area contributed by atoms with Crippen molar-refractivity contribution in [2.24, 2.45) is 0 Å². The van der Waals surface area contributed by atoms with Crippen LogP contribution in [-0.2, 0) is 11.4 Å². The number of anilines is 1. The van der Waals surface area contributed by atoms with Crippen LogP contribution in [0.1, 0.15) is 38.2 Å². The van der Waals surface area contributed by atoms with Crippen molar-refractivity contribution in [3.8, 4) is 17.2 Å². The van der Waals surface area contributed by atoms with Crippen molar-refractivity contribution in [2.75, 3.05) is 12.1 Å². The van der Waals surface area contributed by atoms with E-state index in [1.165, 1.54) is 0 Å². The van der Waals surface area contributed by atoms with Crippen LogP contribution in [0.2, 0.25) is 0 Å². The molecule has 1 aliphatic heterocycles. The zero-order chi connectivity index (χ0) is 21.6. The molecule has 3 N–H and O–H groups in total. The fraction of sp³-hybridized carbons (Fsp3) is 0.391. The van der Waals surface area contributed by atoms with Gasteiger partial charge in [0.05, 0.1) is 0 Å². The fourth-order valence-electron chi connectivity index (χ4n) is 3.71. The normalized spacial score (nSPS) is 15.9. The molecule has 31 heavy (non-hydrogen) atoms. The highest BCUT2D eigenvalue weighted by atomic mass is 16.7. The molecule has 1 aliphatic carbocycles. The lowest BCUT2D eigenvalue weighted by atomic mass is 10.2. The number of rotatable bonds is 7. The lowest BCUT2D eigenvalue weighted by Gasteiger charge is -2.17. The van der Waals surface area contributed by atoms with E-state index in [4.69, 9.17) is 14.2 Å². The van der Waals surface area contributed by atoms with E-state index in [2.05, 4.69) is 16.0 Å². The van der Waals surface area contributed by atoms with Crippen LogP contribution in [0.3, 0.4) is 0 Å². The number of amides is 3. The van der Waals surface area contributed by atoms with Crippen LogP contribution >= 0.6 is 0 Å². The zero-order valence-electron chi connectivity index (χ0n) is 17.5. The third-order valence-electron chi connectivity index (χ3n) is 5.38. The number of hydrogen-bond acceptors (Lipinski definition) is 6. The van der Waals surface area contributed by atoms with Crippen molar-refractivity contribution in [1.29, 1.82) is 0 Å². The molecule has 0 spiro atoms. The van der Waals surface area contributed by atoms with Crippen molar-refractivity contribution in [3.63, 3.8) is 0 Å². The fourth-order valence-corrected chi connectivity index (χ4v) is 3.71. The largest absolute Gasteiger partial charge is 0.489 e. The van der Waals surface area contributed by atoms with Gasteiger partial charge in [0.2, 0.25) is 12.7 Å². The number of nitrogens with one attached hydrogen (secondary N) is 3. The number of carbonyl (C=O) groups excluding carboxylic acids is 2. The van der Waals surface area contributed by atoms with Gasteiger partial charge in [-0.3, -0.25) is 10.1 Å². The van der Waals surface area contributed by atoms with Gasteiger partial charge >= 0.3 is 6.03 Å². The lowest BCUT2D eigenvalue weighted by Crippen LogP contribution is -2.48. The highest BCUT2D eigenvalue weighted by molar-refractivity contribution is 5.98. The summed E-state index contributed by atoms with van der Waals surface area (Å²) < 4.78 is 16.5. The van der Waals surface area contributed by atoms with Gasteiger partial charge in [-0.15, -0.1) is 0 Å². The summed E-state index contributed by atoms with van der Waals surface area (Å²) in [5, 5.41) is 8.39. The average Bonchev–Trinajstić information content (AvgIpc) is 3.43. The molecule has 1 fully saturated rings. The van der Waals surface area contributed by atoms with E-state index in [9.17, 15) is 9.59 Å². The first kappa shape index (κ1) is 20.8. The quantitative estimate of drug-likeness (QED) is 0.628. The van der Waals surface area contributed by atoms with Crippen LogP contribution in [0.5, 0.6) is 17.2 Å². The molecular formula is C23H27N3O5. The maximum atomic E-state index is 12.3. The van der Waals surface area contributed by atoms with Gasteiger partial charge in [0, 0.05) is 17.8 Å². The Morgan fingerprint density at radius 2 is 1.90 bits per heavy atom. The SMILES string of the molecule is CC(Nc1cccc(COc2ccc3c(c2)OCO3)c1)C(=O)NC(=O)NC1CCCC1. The number of imide groups is 1. The van der Waals surface area contributed by atoms with Gasteiger partial charge in [0.15, 0.2) is 11.5 Å². The molecule has 1 unspecified atom stereocenters. The second kappa shape index (κ2) is 9.59. The van der Waals surface area contributed by atoms with E-state index in [-0.39, 0.29) is 18.7 Å². The highest BCUT2D eigenvalue weighted by Gasteiger charge is 2.20. The standard InChI is InChI=1S/C23H27N3O5/c1-15(22(27)26-23(28)25-17-6-2-3-7-17)24-18-8-4-5-16(11-18)13-29-19-9-10-20-21(12-19)31-14-30-20/h4-5,8-12,15,17,24H,2-3,6-7,13-14H2,1H3,(H2,25,26,27,28). The minimum absolute atomic E-state index is 0.164. The van der Waals surface area contributed by atoms with Crippen LogP contribution in [0.15, 0.2) is 42.5 Å². The number of hydrogen-bond donors (Lipinski definition) is 3. The second-order valence-electron chi connectivity index (χ2n) is 7.81. The van der Waals surface area contributed by atoms with Crippen molar-refractivity contribution < 1.29 is 23.8 Å². The predicted molar refractivity (Wildman–Crippen MR) is 115 cm³/mol.